The lowest BCUT2D eigenvalue weighted by molar-refractivity contribution is -0.127. The molecule has 31 heavy (non-hydrogen) atoms. The van der Waals surface area contributed by atoms with Crippen molar-refractivity contribution in [1.29, 1.82) is 0 Å². The fourth-order valence-corrected chi connectivity index (χ4v) is 4.00. The van der Waals surface area contributed by atoms with E-state index in [2.05, 4.69) is 10.3 Å². The van der Waals surface area contributed by atoms with E-state index in [4.69, 9.17) is 11.6 Å². The first-order valence-corrected chi connectivity index (χ1v) is 10.4. The van der Waals surface area contributed by atoms with E-state index >= 15 is 0 Å². The Kier molecular flexibility index (Phi) is 5.69. The summed E-state index contributed by atoms with van der Waals surface area (Å²) in [5, 5.41) is 3.29. The highest BCUT2D eigenvalue weighted by molar-refractivity contribution is 6.30. The lowest BCUT2D eigenvalue weighted by Crippen LogP contribution is -2.34. The van der Waals surface area contributed by atoms with Crippen molar-refractivity contribution < 1.29 is 9.59 Å². The Bertz CT molecular complexity index is 1270. The molecule has 10 heteroatoms. The molecule has 0 bridgehead atoms. The second kappa shape index (κ2) is 8.43. The second-order valence-electron chi connectivity index (χ2n) is 7.52. The van der Waals surface area contributed by atoms with Gasteiger partial charge in [0.25, 0.3) is 11.5 Å². The predicted molar refractivity (Wildman–Crippen MR) is 117 cm³/mol. The van der Waals surface area contributed by atoms with Crippen LogP contribution in [-0.2, 0) is 11.8 Å². The van der Waals surface area contributed by atoms with Crippen molar-refractivity contribution in [2.24, 2.45) is 7.05 Å². The fraction of sp³-hybridized carbons (Fsp3) is 0.333. The molecule has 2 amide bonds. The minimum Gasteiger partial charge on any atom is -0.352 e. The molecule has 0 saturated carbocycles. The zero-order valence-electron chi connectivity index (χ0n) is 17.0. The largest absolute Gasteiger partial charge is 0.352 e. The predicted octanol–water partition coefficient (Wildman–Crippen LogP) is 1.41. The van der Waals surface area contributed by atoms with E-state index in [-0.39, 0.29) is 22.5 Å². The molecule has 162 valence electrons. The highest BCUT2D eigenvalue weighted by Crippen LogP contribution is 2.16. The molecule has 2 aromatic heterocycles. The van der Waals surface area contributed by atoms with Crippen LogP contribution in [0.25, 0.3) is 16.7 Å². The number of carbonyl (C=O) groups excluding carboxylic acids is 2. The first kappa shape index (κ1) is 20.9. The molecule has 1 saturated heterocycles. The monoisotopic (exact) mass is 443 g/mol. The average Bonchev–Trinajstić information content (AvgIpc) is 3.29. The number of amides is 2. The summed E-state index contributed by atoms with van der Waals surface area (Å²) in [5.41, 5.74) is -0.187. The van der Waals surface area contributed by atoms with Gasteiger partial charge in [-0.3, -0.25) is 14.4 Å². The number of nitrogens with zero attached hydrogens (tertiary/aromatic N) is 3. The first-order chi connectivity index (χ1) is 14.9. The standard InChI is InChI=1S/C21H22ClN5O4/c1-25-12-15(19(29)23-9-3-11-26-10-2-4-16(26)28)17-18(25)20(30)27(21(31)24-17)14-7-5-13(22)6-8-14/h5-8,12H,2-4,9-11H2,1H3,(H,23,29)(H,24,31). The summed E-state index contributed by atoms with van der Waals surface area (Å²) in [6.07, 6.45) is 3.61. The number of hydrogen-bond acceptors (Lipinski definition) is 4. The van der Waals surface area contributed by atoms with Gasteiger partial charge in [0.15, 0.2) is 0 Å². The summed E-state index contributed by atoms with van der Waals surface area (Å²) in [6, 6.07) is 6.33. The lowest BCUT2D eigenvalue weighted by atomic mass is 10.2. The van der Waals surface area contributed by atoms with Crippen LogP contribution in [0, 0.1) is 0 Å². The lowest BCUT2D eigenvalue weighted by Gasteiger charge is -2.15. The Hall–Kier alpha value is -3.33. The van der Waals surface area contributed by atoms with Crippen LogP contribution >= 0.6 is 11.6 Å². The van der Waals surface area contributed by atoms with Crippen molar-refractivity contribution in [3.63, 3.8) is 0 Å². The number of halogens is 1. The molecule has 4 rings (SSSR count). The van der Waals surface area contributed by atoms with E-state index in [9.17, 15) is 19.2 Å². The SMILES string of the molecule is Cn1cc(C(=O)NCCCN2CCCC2=O)c2[nH]c(=O)n(-c3ccc(Cl)cc3)c(=O)c21. The molecule has 9 nitrogen and oxygen atoms in total. The maximum Gasteiger partial charge on any atom is 0.333 e. The molecule has 0 atom stereocenters. The molecule has 0 unspecified atom stereocenters. The first-order valence-electron chi connectivity index (χ1n) is 10.0. The van der Waals surface area contributed by atoms with Gasteiger partial charge < -0.3 is 19.8 Å². The van der Waals surface area contributed by atoms with Crippen molar-refractivity contribution >= 4 is 34.4 Å². The molecule has 1 aliphatic rings. The minimum atomic E-state index is -0.646. The molecule has 0 spiro atoms. The summed E-state index contributed by atoms with van der Waals surface area (Å²) in [5.74, 6) is -0.243. The number of aryl methyl sites for hydroxylation is 1. The number of aromatic amines is 1. The van der Waals surface area contributed by atoms with Crippen LogP contribution in [0.4, 0.5) is 0 Å². The maximum absolute atomic E-state index is 13.0. The average molecular weight is 444 g/mol. The number of H-pyrrole nitrogens is 1. The second-order valence-corrected chi connectivity index (χ2v) is 7.95. The number of rotatable bonds is 6. The van der Waals surface area contributed by atoms with Gasteiger partial charge in [0.2, 0.25) is 5.91 Å². The van der Waals surface area contributed by atoms with Crippen molar-refractivity contribution in [1.82, 2.24) is 24.3 Å². The van der Waals surface area contributed by atoms with Gasteiger partial charge in [0, 0.05) is 44.3 Å². The van der Waals surface area contributed by atoms with E-state index in [0.29, 0.717) is 36.6 Å². The van der Waals surface area contributed by atoms with Crippen LogP contribution in [0.2, 0.25) is 5.02 Å². The number of carbonyl (C=O) groups is 2. The smallest absolute Gasteiger partial charge is 0.333 e. The van der Waals surface area contributed by atoms with Gasteiger partial charge in [-0.15, -0.1) is 0 Å². The topological polar surface area (TPSA) is 109 Å². The van der Waals surface area contributed by atoms with Gasteiger partial charge >= 0.3 is 5.69 Å². The van der Waals surface area contributed by atoms with Gasteiger partial charge in [-0.2, -0.15) is 0 Å². The summed E-state index contributed by atoms with van der Waals surface area (Å²) >= 11 is 5.89. The molecule has 1 aromatic carbocycles. The number of benzene rings is 1. The number of hydrogen-bond donors (Lipinski definition) is 2. The zero-order valence-corrected chi connectivity index (χ0v) is 17.7. The number of nitrogens with one attached hydrogen (secondary N) is 2. The highest BCUT2D eigenvalue weighted by atomic mass is 35.5. The van der Waals surface area contributed by atoms with Crippen LogP contribution in [-0.4, -0.2) is 50.5 Å². The third-order valence-electron chi connectivity index (χ3n) is 5.41. The number of likely N-dealkylation sites (tertiary alicyclic amines) is 1. The quantitative estimate of drug-likeness (QED) is 0.561. The van der Waals surface area contributed by atoms with Crippen LogP contribution < -0.4 is 16.6 Å². The van der Waals surface area contributed by atoms with E-state index in [0.717, 1.165) is 17.5 Å². The van der Waals surface area contributed by atoms with Crippen LogP contribution in [0.3, 0.4) is 0 Å². The van der Waals surface area contributed by atoms with E-state index in [1.807, 2.05) is 0 Å². The molecule has 1 fully saturated rings. The Labute approximate surface area is 182 Å². The maximum atomic E-state index is 13.0. The Morgan fingerprint density at radius 2 is 1.94 bits per heavy atom. The summed E-state index contributed by atoms with van der Waals surface area (Å²) in [4.78, 5) is 54.5. The summed E-state index contributed by atoms with van der Waals surface area (Å²) in [6.45, 7) is 1.74. The van der Waals surface area contributed by atoms with Gasteiger partial charge in [-0.05, 0) is 37.1 Å². The minimum absolute atomic E-state index is 0.148. The van der Waals surface area contributed by atoms with E-state index < -0.39 is 17.2 Å². The Morgan fingerprint density at radius 1 is 1.19 bits per heavy atom. The fourth-order valence-electron chi connectivity index (χ4n) is 3.88. The van der Waals surface area contributed by atoms with Crippen molar-refractivity contribution in [3.05, 3.63) is 61.9 Å². The number of fused-ring (bicyclic) bond motifs is 1. The molecule has 2 N–H and O–H groups in total. The zero-order chi connectivity index (χ0) is 22.1. The number of aromatic nitrogens is 3. The molecular weight excluding hydrogens is 422 g/mol. The molecule has 3 aromatic rings. The van der Waals surface area contributed by atoms with Gasteiger partial charge in [0.05, 0.1) is 16.8 Å². The van der Waals surface area contributed by atoms with Crippen LogP contribution in [0.15, 0.2) is 40.1 Å². The molecule has 0 radical (unpaired) electrons. The molecule has 0 aliphatic carbocycles. The van der Waals surface area contributed by atoms with E-state index in [1.54, 1.807) is 36.2 Å². The van der Waals surface area contributed by atoms with Crippen molar-refractivity contribution in [2.75, 3.05) is 19.6 Å². The summed E-state index contributed by atoms with van der Waals surface area (Å²) < 4.78 is 2.53. The normalized spacial score (nSPS) is 13.9. The van der Waals surface area contributed by atoms with Crippen molar-refractivity contribution in [2.45, 2.75) is 19.3 Å². The Morgan fingerprint density at radius 3 is 2.61 bits per heavy atom. The van der Waals surface area contributed by atoms with Crippen LogP contribution in [0.1, 0.15) is 29.6 Å². The Balaban J connectivity index is 1.57. The van der Waals surface area contributed by atoms with Gasteiger partial charge in [-0.25, -0.2) is 9.36 Å². The third kappa shape index (κ3) is 4.00. The van der Waals surface area contributed by atoms with Gasteiger partial charge in [-0.1, -0.05) is 11.6 Å². The molecular formula is C21H22ClN5O4. The van der Waals surface area contributed by atoms with Crippen molar-refractivity contribution in [3.8, 4) is 5.69 Å². The molecule has 1 aliphatic heterocycles. The summed E-state index contributed by atoms with van der Waals surface area (Å²) in [7, 11) is 1.64. The highest BCUT2D eigenvalue weighted by Gasteiger charge is 2.21. The molecule has 3 heterocycles. The van der Waals surface area contributed by atoms with Crippen LogP contribution in [0.5, 0.6) is 0 Å². The van der Waals surface area contributed by atoms with Gasteiger partial charge in [0.1, 0.15) is 5.52 Å². The van der Waals surface area contributed by atoms with E-state index in [1.165, 1.54) is 10.8 Å². The third-order valence-corrected chi connectivity index (χ3v) is 5.67.